The molecule has 5 heteroatoms. The highest BCUT2D eigenvalue weighted by molar-refractivity contribution is 9.10. The fraction of sp³-hybridized carbons (Fsp3) is 0.188. The van der Waals surface area contributed by atoms with Crippen LogP contribution in [0.3, 0.4) is 0 Å². The van der Waals surface area contributed by atoms with Crippen molar-refractivity contribution in [3.8, 4) is 0 Å². The van der Waals surface area contributed by atoms with E-state index in [0.717, 1.165) is 16.7 Å². The van der Waals surface area contributed by atoms with Crippen molar-refractivity contribution in [2.24, 2.45) is 0 Å². The number of carbonyl (C=O) groups is 1. The standard InChI is InChI=1S/C16H15BrN2O2/c1-19(9-10-4-2-3-5-13(10)17)11-6-7-12-14(8-11)18-16(21)15(12)20/h2-8,15,20H,9H2,1H3,(H,18,21). The van der Waals surface area contributed by atoms with Crippen LogP contribution in [-0.2, 0) is 11.3 Å². The average Bonchev–Trinajstić information content (AvgIpc) is 2.76. The van der Waals surface area contributed by atoms with Gasteiger partial charge < -0.3 is 15.3 Å². The first-order chi connectivity index (χ1) is 10.1. The van der Waals surface area contributed by atoms with Crippen LogP contribution >= 0.6 is 15.9 Å². The van der Waals surface area contributed by atoms with Gasteiger partial charge in [0, 0.05) is 35.0 Å². The van der Waals surface area contributed by atoms with Gasteiger partial charge in [-0.2, -0.15) is 0 Å². The predicted molar refractivity (Wildman–Crippen MR) is 86.3 cm³/mol. The van der Waals surface area contributed by atoms with Crippen molar-refractivity contribution >= 4 is 33.2 Å². The average molecular weight is 347 g/mol. The Morgan fingerprint density at radius 3 is 2.81 bits per heavy atom. The van der Waals surface area contributed by atoms with Crippen molar-refractivity contribution in [1.82, 2.24) is 0 Å². The fourth-order valence-corrected chi connectivity index (χ4v) is 2.85. The summed E-state index contributed by atoms with van der Waals surface area (Å²) in [5, 5.41) is 12.4. The molecule has 21 heavy (non-hydrogen) atoms. The summed E-state index contributed by atoms with van der Waals surface area (Å²) in [6.07, 6.45) is -1.05. The smallest absolute Gasteiger partial charge is 0.257 e. The van der Waals surface area contributed by atoms with Crippen LogP contribution in [0, 0.1) is 0 Å². The molecule has 2 aromatic rings. The van der Waals surface area contributed by atoms with Crippen molar-refractivity contribution in [3.05, 3.63) is 58.1 Å². The first-order valence-corrected chi connectivity index (χ1v) is 7.43. The third kappa shape index (κ3) is 2.66. The number of halogens is 1. The first-order valence-electron chi connectivity index (χ1n) is 6.63. The monoisotopic (exact) mass is 346 g/mol. The molecule has 0 saturated heterocycles. The molecule has 0 spiro atoms. The molecule has 0 aromatic heterocycles. The molecule has 3 rings (SSSR count). The second-order valence-corrected chi connectivity index (χ2v) is 5.97. The maximum atomic E-state index is 11.5. The number of carbonyl (C=O) groups excluding carboxylic acids is 1. The number of fused-ring (bicyclic) bond motifs is 1. The molecule has 4 nitrogen and oxygen atoms in total. The van der Waals surface area contributed by atoms with Gasteiger partial charge in [-0.05, 0) is 23.8 Å². The SMILES string of the molecule is CN(Cc1ccccc1Br)c1ccc2c(c1)NC(=O)C2O. The minimum atomic E-state index is -1.05. The third-order valence-electron chi connectivity index (χ3n) is 3.64. The van der Waals surface area contributed by atoms with Gasteiger partial charge in [-0.3, -0.25) is 4.79 Å². The molecule has 0 saturated carbocycles. The normalized spacial score (nSPS) is 16.5. The lowest BCUT2D eigenvalue weighted by Crippen LogP contribution is -2.16. The lowest BCUT2D eigenvalue weighted by atomic mass is 10.1. The van der Waals surface area contributed by atoms with E-state index in [-0.39, 0.29) is 5.91 Å². The van der Waals surface area contributed by atoms with Crippen LogP contribution in [0.25, 0.3) is 0 Å². The van der Waals surface area contributed by atoms with Gasteiger partial charge in [-0.25, -0.2) is 0 Å². The molecule has 2 aromatic carbocycles. The van der Waals surface area contributed by atoms with Crippen LogP contribution in [0.1, 0.15) is 17.2 Å². The summed E-state index contributed by atoms with van der Waals surface area (Å²) in [5.41, 5.74) is 3.49. The molecule has 0 fully saturated rings. The maximum Gasteiger partial charge on any atom is 0.257 e. The molecule has 1 amide bonds. The van der Waals surface area contributed by atoms with E-state index in [9.17, 15) is 9.90 Å². The van der Waals surface area contributed by atoms with Crippen molar-refractivity contribution < 1.29 is 9.90 Å². The minimum Gasteiger partial charge on any atom is -0.378 e. The number of aliphatic hydroxyl groups is 1. The van der Waals surface area contributed by atoms with Crippen molar-refractivity contribution in [3.63, 3.8) is 0 Å². The summed E-state index contributed by atoms with van der Waals surface area (Å²) in [6.45, 7) is 0.747. The van der Waals surface area contributed by atoms with Gasteiger partial charge in [-0.1, -0.05) is 40.2 Å². The van der Waals surface area contributed by atoms with Gasteiger partial charge in [0.1, 0.15) is 0 Å². The van der Waals surface area contributed by atoms with E-state index in [0.29, 0.717) is 11.3 Å². The Morgan fingerprint density at radius 2 is 2.05 bits per heavy atom. The van der Waals surface area contributed by atoms with Gasteiger partial charge in [0.15, 0.2) is 6.10 Å². The van der Waals surface area contributed by atoms with Gasteiger partial charge >= 0.3 is 0 Å². The lowest BCUT2D eigenvalue weighted by Gasteiger charge is -2.21. The quantitative estimate of drug-likeness (QED) is 0.897. The van der Waals surface area contributed by atoms with E-state index >= 15 is 0 Å². The van der Waals surface area contributed by atoms with Crippen LogP contribution in [0.15, 0.2) is 46.9 Å². The Kier molecular flexibility index (Phi) is 3.69. The molecule has 1 atom stereocenters. The Labute approximate surface area is 131 Å². The Bertz CT molecular complexity index is 702. The summed E-state index contributed by atoms with van der Waals surface area (Å²) >= 11 is 3.55. The van der Waals surface area contributed by atoms with Gasteiger partial charge in [0.2, 0.25) is 0 Å². The molecule has 1 aliphatic heterocycles. The number of hydrogen-bond acceptors (Lipinski definition) is 3. The zero-order valence-corrected chi connectivity index (χ0v) is 13.1. The molecular weight excluding hydrogens is 332 g/mol. The van der Waals surface area contributed by atoms with E-state index in [4.69, 9.17) is 0 Å². The van der Waals surface area contributed by atoms with Crippen LogP contribution in [0.4, 0.5) is 11.4 Å². The summed E-state index contributed by atoms with van der Waals surface area (Å²) in [5.74, 6) is -0.365. The maximum absolute atomic E-state index is 11.5. The largest absolute Gasteiger partial charge is 0.378 e. The summed E-state index contributed by atoms with van der Waals surface area (Å²) in [4.78, 5) is 13.6. The molecule has 1 heterocycles. The molecule has 1 aliphatic rings. The topological polar surface area (TPSA) is 52.6 Å². The number of hydrogen-bond donors (Lipinski definition) is 2. The van der Waals surface area contributed by atoms with Crippen molar-refractivity contribution in [2.75, 3.05) is 17.3 Å². The number of aliphatic hydroxyl groups excluding tert-OH is 1. The van der Waals surface area contributed by atoms with E-state index < -0.39 is 6.10 Å². The third-order valence-corrected chi connectivity index (χ3v) is 4.42. The highest BCUT2D eigenvalue weighted by atomic mass is 79.9. The number of benzene rings is 2. The van der Waals surface area contributed by atoms with Crippen molar-refractivity contribution in [1.29, 1.82) is 0 Å². The zero-order valence-electron chi connectivity index (χ0n) is 11.5. The molecule has 108 valence electrons. The van der Waals surface area contributed by atoms with E-state index in [1.807, 2.05) is 37.4 Å². The molecule has 0 bridgehead atoms. The number of amides is 1. The second-order valence-electron chi connectivity index (χ2n) is 5.11. The summed E-state index contributed by atoms with van der Waals surface area (Å²) in [7, 11) is 1.99. The van der Waals surface area contributed by atoms with E-state index in [1.165, 1.54) is 5.56 Å². The number of nitrogens with one attached hydrogen (secondary N) is 1. The summed E-state index contributed by atoms with van der Waals surface area (Å²) in [6, 6.07) is 13.7. The molecule has 2 N–H and O–H groups in total. The van der Waals surface area contributed by atoms with Crippen molar-refractivity contribution in [2.45, 2.75) is 12.6 Å². The predicted octanol–water partition coefficient (Wildman–Crippen LogP) is 3.07. The number of nitrogens with zero attached hydrogens (tertiary/aromatic N) is 1. The molecule has 1 unspecified atom stereocenters. The van der Waals surface area contributed by atoms with E-state index in [1.54, 1.807) is 6.07 Å². The molecule has 0 aliphatic carbocycles. The highest BCUT2D eigenvalue weighted by Gasteiger charge is 2.28. The molecule has 0 radical (unpaired) electrons. The van der Waals surface area contributed by atoms with Gasteiger partial charge in [0.05, 0.1) is 0 Å². The van der Waals surface area contributed by atoms with Crippen LogP contribution in [0.5, 0.6) is 0 Å². The van der Waals surface area contributed by atoms with Gasteiger partial charge in [0.25, 0.3) is 5.91 Å². The highest BCUT2D eigenvalue weighted by Crippen LogP contribution is 2.34. The number of anilines is 2. The van der Waals surface area contributed by atoms with Gasteiger partial charge in [-0.15, -0.1) is 0 Å². The minimum absolute atomic E-state index is 0.365. The molecular formula is C16H15BrN2O2. The van der Waals surface area contributed by atoms with E-state index in [2.05, 4.69) is 32.2 Å². The first kappa shape index (κ1) is 14.1. The number of rotatable bonds is 3. The Hall–Kier alpha value is -1.85. The van der Waals surface area contributed by atoms with Crippen LogP contribution < -0.4 is 10.2 Å². The van der Waals surface area contributed by atoms with Crippen LogP contribution in [0.2, 0.25) is 0 Å². The zero-order chi connectivity index (χ0) is 15.0. The van der Waals surface area contributed by atoms with Crippen LogP contribution in [-0.4, -0.2) is 18.1 Å². The summed E-state index contributed by atoms with van der Waals surface area (Å²) < 4.78 is 1.07. The Morgan fingerprint density at radius 1 is 1.29 bits per heavy atom. The Balaban J connectivity index is 1.84. The fourth-order valence-electron chi connectivity index (χ4n) is 2.44. The second kappa shape index (κ2) is 5.50. The lowest BCUT2D eigenvalue weighted by molar-refractivity contribution is -0.123.